The number of benzene rings is 1. The summed E-state index contributed by atoms with van der Waals surface area (Å²) in [7, 11) is 1.43. The summed E-state index contributed by atoms with van der Waals surface area (Å²) in [6.45, 7) is 7.21. The van der Waals surface area contributed by atoms with Crippen molar-refractivity contribution >= 4 is 5.97 Å². The zero-order chi connectivity index (χ0) is 13.5. The first-order chi connectivity index (χ1) is 8.60. The van der Waals surface area contributed by atoms with Crippen LogP contribution in [0.15, 0.2) is 18.2 Å². The van der Waals surface area contributed by atoms with E-state index in [1.165, 1.54) is 23.8 Å². The molecule has 0 spiro atoms. The van der Waals surface area contributed by atoms with Crippen LogP contribution in [0.2, 0.25) is 0 Å². The molecule has 1 N–H and O–H groups in total. The molecule has 3 heteroatoms. The van der Waals surface area contributed by atoms with E-state index in [-0.39, 0.29) is 12.0 Å². The Morgan fingerprint density at radius 3 is 2.72 bits per heavy atom. The van der Waals surface area contributed by atoms with Crippen LogP contribution in [0.25, 0.3) is 0 Å². The monoisotopic (exact) mass is 249 g/mol. The fraction of sp³-hybridized carbons (Fsp3) is 0.533. The Balaban J connectivity index is 2.93. The highest BCUT2D eigenvalue weighted by Crippen LogP contribution is 2.23. The van der Waals surface area contributed by atoms with Crippen LogP contribution in [0.4, 0.5) is 0 Å². The van der Waals surface area contributed by atoms with Gasteiger partial charge in [-0.2, -0.15) is 0 Å². The third-order valence-corrected chi connectivity index (χ3v) is 3.26. The molecule has 0 bridgehead atoms. The molecule has 100 valence electrons. The Morgan fingerprint density at radius 1 is 1.39 bits per heavy atom. The van der Waals surface area contributed by atoms with E-state index >= 15 is 0 Å². The maximum Gasteiger partial charge on any atom is 0.307 e. The molecule has 1 unspecified atom stereocenters. The van der Waals surface area contributed by atoms with Gasteiger partial charge in [-0.1, -0.05) is 25.1 Å². The summed E-state index contributed by atoms with van der Waals surface area (Å²) in [4.78, 5) is 11.5. The van der Waals surface area contributed by atoms with Crippen LogP contribution in [-0.4, -0.2) is 19.6 Å². The largest absolute Gasteiger partial charge is 0.469 e. The molecule has 1 atom stereocenters. The van der Waals surface area contributed by atoms with Crippen LogP contribution >= 0.6 is 0 Å². The first-order valence-electron chi connectivity index (χ1n) is 6.46. The van der Waals surface area contributed by atoms with Crippen LogP contribution in [0, 0.1) is 13.8 Å². The Hall–Kier alpha value is -1.35. The normalized spacial score (nSPS) is 12.2. The third kappa shape index (κ3) is 3.84. The van der Waals surface area contributed by atoms with E-state index in [2.05, 4.69) is 38.2 Å². The van der Waals surface area contributed by atoms with Gasteiger partial charge in [0.2, 0.25) is 0 Å². The summed E-state index contributed by atoms with van der Waals surface area (Å²) in [5, 5.41) is 3.42. The first-order valence-corrected chi connectivity index (χ1v) is 6.46. The smallest absolute Gasteiger partial charge is 0.307 e. The van der Waals surface area contributed by atoms with E-state index in [1.807, 2.05) is 6.07 Å². The molecule has 0 saturated carbocycles. The lowest BCUT2D eigenvalue weighted by Gasteiger charge is -2.20. The highest BCUT2D eigenvalue weighted by Gasteiger charge is 2.17. The molecular weight excluding hydrogens is 226 g/mol. The predicted molar refractivity (Wildman–Crippen MR) is 73.6 cm³/mol. The minimum Gasteiger partial charge on any atom is -0.469 e. The van der Waals surface area contributed by atoms with Crippen molar-refractivity contribution in [1.82, 2.24) is 5.32 Å². The molecule has 0 aliphatic rings. The Kier molecular flexibility index (Phi) is 5.86. The van der Waals surface area contributed by atoms with E-state index < -0.39 is 0 Å². The average Bonchev–Trinajstić information content (AvgIpc) is 2.37. The van der Waals surface area contributed by atoms with E-state index in [1.54, 1.807) is 0 Å². The zero-order valence-corrected chi connectivity index (χ0v) is 11.7. The fourth-order valence-electron chi connectivity index (χ4n) is 2.01. The number of methoxy groups -OCH3 is 1. The van der Waals surface area contributed by atoms with E-state index in [0.29, 0.717) is 6.42 Å². The molecule has 0 amide bonds. The molecule has 1 aromatic carbocycles. The molecule has 0 aromatic heterocycles. The zero-order valence-electron chi connectivity index (χ0n) is 11.7. The molecule has 18 heavy (non-hydrogen) atoms. The van der Waals surface area contributed by atoms with Crippen molar-refractivity contribution in [3.63, 3.8) is 0 Å². The Morgan fingerprint density at radius 2 is 2.11 bits per heavy atom. The van der Waals surface area contributed by atoms with Crippen LogP contribution < -0.4 is 5.32 Å². The molecule has 0 aliphatic heterocycles. The molecular formula is C15H23NO2. The predicted octanol–water partition coefficient (Wildman–Crippen LogP) is 2.91. The highest BCUT2D eigenvalue weighted by atomic mass is 16.5. The summed E-state index contributed by atoms with van der Waals surface area (Å²) in [5.74, 6) is -0.176. The van der Waals surface area contributed by atoms with Gasteiger partial charge in [0.25, 0.3) is 0 Å². The second-order valence-electron chi connectivity index (χ2n) is 4.58. The lowest BCUT2D eigenvalue weighted by atomic mass is 9.95. The maximum atomic E-state index is 11.5. The molecule has 0 saturated heterocycles. The van der Waals surface area contributed by atoms with Gasteiger partial charge in [0, 0.05) is 6.04 Å². The summed E-state index contributed by atoms with van der Waals surface area (Å²) in [5.41, 5.74) is 3.68. The minimum absolute atomic E-state index is 0.0392. The van der Waals surface area contributed by atoms with Gasteiger partial charge in [-0.05, 0) is 43.5 Å². The third-order valence-electron chi connectivity index (χ3n) is 3.26. The quantitative estimate of drug-likeness (QED) is 0.788. The molecule has 0 fully saturated rings. The van der Waals surface area contributed by atoms with Crippen molar-refractivity contribution < 1.29 is 9.53 Å². The number of esters is 1. The molecule has 0 radical (unpaired) electrons. The van der Waals surface area contributed by atoms with Crippen molar-refractivity contribution in [2.75, 3.05) is 13.7 Å². The summed E-state index contributed by atoms with van der Waals surface area (Å²) in [6.07, 6.45) is 1.42. The van der Waals surface area contributed by atoms with Crippen LogP contribution in [0.1, 0.15) is 42.5 Å². The Labute approximate surface area is 110 Å². The van der Waals surface area contributed by atoms with Crippen LogP contribution in [0.3, 0.4) is 0 Å². The molecule has 1 rings (SSSR count). The SMILES string of the molecule is CCCNC(CC(=O)OC)c1cccc(C)c1C. The van der Waals surface area contributed by atoms with Crippen molar-refractivity contribution in [2.24, 2.45) is 0 Å². The lowest BCUT2D eigenvalue weighted by molar-refractivity contribution is -0.141. The van der Waals surface area contributed by atoms with Gasteiger partial charge in [-0.25, -0.2) is 0 Å². The highest BCUT2D eigenvalue weighted by molar-refractivity contribution is 5.70. The number of hydrogen-bond donors (Lipinski definition) is 1. The van der Waals surface area contributed by atoms with Gasteiger partial charge < -0.3 is 10.1 Å². The molecule has 0 heterocycles. The second kappa shape index (κ2) is 7.17. The van der Waals surface area contributed by atoms with Crippen molar-refractivity contribution in [3.05, 3.63) is 34.9 Å². The number of rotatable bonds is 6. The topological polar surface area (TPSA) is 38.3 Å². The van der Waals surface area contributed by atoms with Crippen molar-refractivity contribution in [3.8, 4) is 0 Å². The Bertz CT molecular complexity index is 401. The maximum absolute atomic E-state index is 11.5. The van der Waals surface area contributed by atoms with E-state index in [9.17, 15) is 4.79 Å². The summed E-state index contributed by atoms with van der Waals surface area (Å²) in [6, 6.07) is 6.25. The van der Waals surface area contributed by atoms with Gasteiger partial charge in [0.1, 0.15) is 0 Å². The molecule has 1 aromatic rings. The fourth-order valence-corrected chi connectivity index (χ4v) is 2.01. The summed E-state index contributed by atoms with van der Waals surface area (Å²) < 4.78 is 4.77. The van der Waals surface area contributed by atoms with E-state index in [4.69, 9.17) is 4.74 Å². The average molecular weight is 249 g/mol. The van der Waals surface area contributed by atoms with Gasteiger partial charge in [0.05, 0.1) is 13.5 Å². The van der Waals surface area contributed by atoms with E-state index in [0.717, 1.165) is 13.0 Å². The van der Waals surface area contributed by atoms with Crippen molar-refractivity contribution in [2.45, 2.75) is 39.7 Å². The van der Waals surface area contributed by atoms with Gasteiger partial charge in [-0.3, -0.25) is 4.79 Å². The number of carbonyl (C=O) groups excluding carboxylic acids is 1. The van der Waals surface area contributed by atoms with Gasteiger partial charge in [-0.15, -0.1) is 0 Å². The number of hydrogen-bond acceptors (Lipinski definition) is 3. The molecule has 0 aliphatic carbocycles. The number of ether oxygens (including phenoxy) is 1. The van der Waals surface area contributed by atoms with Crippen molar-refractivity contribution in [1.29, 1.82) is 0 Å². The molecule has 3 nitrogen and oxygen atoms in total. The number of nitrogens with one attached hydrogen (secondary N) is 1. The van der Waals surface area contributed by atoms with Crippen LogP contribution in [0.5, 0.6) is 0 Å². The van der Waals surface area contributed by atoms with Gasteiger partial charge in [0.15, 0.2) is 0 Å². The lowest BCUT2D eigenvalue weighted by Crippen LogP contribution is -2.26. The number of aryl methyl sites for hydroxylation is 1. The van der Waals surface area contributed by atoms with Crippen LogP contribution in [-0.2, 0) is 9.53 Å². The first kappa shape index (κ1) is 14.7. The van der Waals surface area contributed by atoms with Gasteiger partial charge >= 0.3 is 5.97 Å². The standard InChI is InChI=1S/C15H23NO2/c1-5-9-16-14(10-15(17)18-4)13-8-6-7-11(2)12(13)3/h6-8,14,16H,5,9-10H2,1-4H3. The number of carbonyl (C=O) groups is 1. The minimum atomic E-state index is -0.176. The second-order valence-corrected chi connectivity index (χ2v) is 4.58. The summed E-state index contributed by atoms with van der Waals surface area (Å²) >= 11 is 0.